The maximum Gasteiger partial charge on any atom is 0.319 e. The normalized spacial score (nSPS) is 11.6. The average molecular weight is 337 g/mol. The Bertz CT molecular complexity index is 918. The fraction of sp³-hybridized carbons (Fsp3) is 0.200. The van der Waals surface area contributed by atoms with E-state index in [-0.39, 0.29) is 0 Å². The van der Waals surface area contributed by atoms with Gasteiger partial charge in [0, 0.05) is 11.8 Å². The third-order valence-corrected chi connectivity index (χ3v) is 5.27. The molecule has 0 aliphatic rings. The highest BCUT2D eigenvalue weighted by Crippen LogP contribution is 2.40. The van der Waals surface area contributed by atoms with E-state index in [1.807, 2.05) is 24.3 Å². The van der Waals surface area contributed by atoms with E-state index in [1.165, 1.54) is 22.7 Å². The maximum atomic E-state index is 11.5. The number of benzene rings is 2. The van der Waals surface area contributed by atoms with Crippen LogP contribution in [0.15, 0.2) is 59.8 Å². The van der Waals surface area contributed by atoms with Gasteiger partial charge in [-0.25, -0.2) is 4.98 Å². The van der Waals surface area contributed by atoms with Crippen molar-refractivity contribution < 1.29 is 9.90 Å². The summed E-state index contributed by atoms with van der Waals surface area (Å²) in [5, 5.41) is 12.5. The van der Waals surface area contributed by atoms with Crippen LogP contribution in [0.1, 0.15) is 19.4 Å². The van der Waals surface area contributed by atoms with Crippen LogP contribution in [0.2, 0.25) is 0 Å². The molecule has 1 aromatic heterocycles. The molecule has 0 atom stereocenters. The van der Waals surface area contributed by atoms with E-state index < -0.39 is 10.7 Å². The highest BCUT2D eigenvalue weighted by molar-refractivity contribution is 8.01. The Morgan fingerprint density at radius 2 is 1.71 bits per heavy atom. The van der Waals surface area contributed by atoms with Gasteiger partial charge < -0.3 is 5.11 Å². The van der Waals surface area contributed by atoms with Gasteiger partial charge in [-0.3, -0.25) is 4.79 Å². The van der Waals surface area contributed by atoms with Gasteiger partial charge in [-0.2, -0.15) is 0 Å². The average Bonchev–Trinajstić information content (AvgIpc) is 2.56. The highest BCUT2D eigenvalue weighted by Gasteiger charge is 2.30. The van der Waals surface area contributed by atoms with E-state index in [4.69, 9.17) is 0 Å². The molecule has 0 unspecified atom stereocenters. The Morgan fingerprint density at radius 3 is 2.42 bits per heavy atom. The van der Waals surface area contributed by atoms with E-state index >= 15 is 0 Å². The summed E-state index contributed by atoms with van der Waals surface area (Å²) in [7, 11) is 0. The minimum atomic E-state index is -0.941. The number of fused-ring (bicyclic) bond motifs is 1. The maximum absolute atomic E-state index is 11.5. The summed E-state index contributed by atoms with van der Waals surface area (Å²) in [6.45, 7) is 5.50. The van der Waals surface area contributed by atoms with Crippen LogP contribution < -0.4 is 0 Å². The number of rotatable bonds is 4. The van der Waals surface area contributed by atoms with Crippen molar-refractivity contribution in [3.05, 3.63) is 60.3 Å². The molecule has 1 N–H and O–H groups in total. The first kappa shape index (κ1) is 16.5. The Morgan fingerprint density at radius 1 is 1.00 bits per heavy atom. The van der Waals surface area contributed by atoms with Crippen LogP contribution in [-0.2, 0) is 4.79 Å². The molecule has 0 bridgehead atoms. The van der Waals surface area contributed by atoms with Crippen molar-refractivity contribution in [2.45, 2.75) is 30.5 Å². The summed E-state index contributed by atoms with van der Waals surface area (Å²) >= 11 is 1.28. The van der Waals surface area contributed by atoms with Gasteiger partial charge in [0.25, 0.3) is 0 Å². The van der Waals surface area contributed by atoms with Gasteiger partial charge in [0.1, 0.15) is 9.77 Å². The van der Waals surface area contributed by atoms with Crippen molar-refractivity contribution in [1.82, 2.24) is 4.98 Å². The third-order valence-electron chi connectivity index (χ3n) is 4.07. The zero-order valence-corrected chi connectivity index (χ0v) is 14.7. The molecule has 24 heavy (non-hydrogen) atoms. The van der Waals surface area contributed by atoms with Crippen LogP contribution >= 0.6 is 11.8 Å². The third kappa shape index (κ3) is 3.02. The number of hydrogen-bond donors (Lipinski definition) is 1. The Kier molecular flexibility index (Phi) is 4.33. The molecular formula is C20H19NO2S. The van der Waals surface area contributed by atoms with Crippen molar-refractivity contribution >= 4 is 28.5 Å². The lowest BCUT2D eigenvalue weighted by molar-refractivity contribution is -0.138. The second-order valence-electron chi connectivity index (χ2n) is 6.25. The first-order valence-corrected chi connectivity index (χ1v) is 8.58. The summed E-state index contributed by atoms with van der Waals surface area (Å²) in [6, 6.07) is 16.3. The number of pyridine rings is 1. The second-order valence-corrected chi connectivity index (χ2v) is 7.86. The number of carboxylic acids is 1. The SMILES string of the molecule is Cc1ccc(-c2cccnc2SC(C)(C)C(=O)O)c2ccccc12. The number of nitrogens with zero attached hydrogens (tertiary/aromatic N) is 1. The standard InChI is InChI=1S/C20H19NO2S/c1-13-10-11-16(15-8-5-4-7-14(13)15)17-9-6-12-21-18(17)24-20(2,3)19(22)23/h4-12H,1-3H3,(H,22,23). The monoisotopic (exact) mass is 337 g/mol. The van der Waals surface area contributed by atoms with E-state index in [9.17, 15) is 9.90 Å². The summed E-state index contributed by atoms with van der Waals surface area (Å²) in [4.78, 5) is 15.9. The quantitative estimate of drug-likeness (QED) is 0.668. The predicted octanol–water partition coefficient (Wildman–Crippen LogP) is 5.17. The number of carbonyl (C=O) groups is 1. The molecule has 122 valence electrons. The Balaban J connectivity index is 2.19. The molecule has 1 heterocycles. The van der Waals surface area contributed by atoms with Crippen molar-refractivity contribution in [1.29, 1.82) is 0 Å². The van der Waals surface area contributed by atoms with Gasteiger partial charge in [0.15, 0.2) is 0 Å². The van der Waals surface area contributed by atoms with Gasteiger partial charge in [0.05, 0.1) is 0 Å². The number of aryl methyl sites for hydroxylation is 1. The number of aliphatic carboxylic acids is 1. The molecule has 0 radical (unpaired) electrons. The van der Waals surface area contributed by atoms with E-state index in [2.05, 4.69) is 36.2 Å². The number of thioether (sulfide) groups is 1. The smallest absolute Gasteiger partial charge is 0.319 e. The largest absolute Gasteiger partial charge is 0.480 e. The molecular weight excluding hydrogens is 318 g/mol. The molecule has 0 saturated heterocycles. The Labute approximate surface area is 145 Å². The van der Waals surface area contributed by atoms with Gasteiger partial charge in [-0.15, -0.1) is 0 Å². The van der Waals surface area contributed by atoms with Crippen molar-refractivity contribution in [3.63, 3.8) is 0 Å². The molecule has 0 fully saturated rings. The van der Waals surface area contributed by atoms with Crippen molar-refractivity contribution in [2.75, 3.05) is 0 Å². The topological polar surface area (TPSA) is 50.2 Å². The fourth-order valence-electron chi connectivity index (χ4n) is 2.65. The van der Waals surface area contributed by atoms with E-state index in [0.717, 1.165) is 21.5 Å². The van der Waals surface area contributed by atoms with Gasteiger partial charge >= 0.3 is 5.97 Å². The second kappa shape index (κ2) is 6.29. The molecule has 3 rings (SSSR count). The number of hydrogen-bond acceptors (Lipinski definition) is 3. The van der Waals surface area contributed by atoms with Crippen LogP contribution in [0.3, 0.4) is 0 Å². The molecule has 0 saturated carbocycles. The van der Waals surface area contributed by atoms with Crippen molar-refractivity contribution in [3.8, 4) is 11.1 Å². The fourth-order valence-corrected chi connectivity index (χ4v) is 3.62. The summed E-state index contributed by atoms with van der Waals surface area (Å²) in [6.07, 6.45) is 1.71. The summed E-state index contributed by atoms with van der Waals surface area (Å²) in [5.41, 5.74) is 3.26. The molecule has 0 aliphatic carbocycles. The molecule has 0 spiro atoms. The first-order valence-electron chi connectivity index (χ1n) is 7.76. The van der Waals surface area contributed by atoms with Crippen LogP contribution in [0, 0.1) is 6.92 Å². The first-order chi connectivity index (χ1) is 11.4. The zero-order chi connectivity index (χ0) is 17.3. The molecule has 0 aliphatic heterocycles. The molecule has 3 nitrogen and oxygen atoms in total. The molecule has 2 aromatic carbocycles. The van der Waals surface area contributed by atoms with Crippen LogP contribution in [0.25, 0.3) is 21.9 Å². The lowest BCUT2D eigenvalue weighted by atomic mass is 9.96. The molecule has 0 amide bonds. The number of aromatic nitrogens is 1. The lowest BCUT2D eigenvalue weighted by Crippen LogP contribution is -2.27. The van der Waals surface area contributed by atoms with Crippen LogP contribution in [0.5, 0.6) is 0 Å². The minimum Gasteiger partial charge on any atom is -0.480 e. The summed E-state index contributed by atoms with van der Waals surface area (Å²) < 4.78 is -0.941. The van der Waals surface area contributed by atoms with Gasteiger partial charge in [-0.05, 0) is 48.7 Å². The van der Waals surface area contributed by atoms with Crippen LogP contribution in [0.4, 0.5) is 0 Å². The van der Waals surface area contributed by atoms with E-state index in [0.29, 0.717) is 0 Å². The number of carboxylic acid groups (broad SMARTS) is 1. The van der Waals surface area contributed by atoms with Crippen LogP contribution in [-0.4, -0.2) is 20.8 Å². The Hall–Kier alpha value is -2.33. The predicted molar refractivity (Wildman–Crippen MR) is 99.5 cm³/mol. The van der Waals surface area contributed by atoms with Gasteiger partial charge in [0.2, 0.25) is 0 Å². The van der Waals surface area contributed by atoms with Gasteiger partial charge in [-0.1, -0.05) is 54.2 Å². The molecule has 3 aromatic rings. The molecule has 4 heteroatoms. The van der Waals surface area contributed by atoms with E-state index in [1.54, 1.807) is 20.0 Å². The minimum absolute atomic E-state index is 0.735. The lowest BCUT2D eigenvalue weighted by Gasteiger charge is -2.20. The van der Waals surface area contributed by atoms with Crippen molar-refractivity contribution in [2.24, 2.45) is 0 Å². The zero-order valence-electron chi connectivity index (χ0n) is 13.9. The summed E-state index contributed by atoms with van der Waals surface area (Å²) in [5.74, 6) is -0.849. The highest BCUT2D eigenvalue weighted by atomic mass is 32.2.